The Hall–Kier alpha value is -0.940. The Morgan fingerprint density at radius 1 is 0.941 bits per heavy atom. The van der Waals surface area contributed by atoms with E-state index in [1.807, 2.05) is 12.1 Å². The zero-order chi connectivity index (χ0) is 11.7. The van der Waals surface area contributed by atoms with Gasteiger partial charge < -0.3 is 0 Å². The molecule has 0 radical (unpaired) electrons. The summed E-state index contributed by atoms with van der Waals surface area (Å²) >= 11 is 0. The number of nitrogens with zero attached hydrogens (tertiary/aromatic N) is 1. The Kier molecular flexibility index (Phi) is 3.11. The van der Waals surface area contributed by atoms with Crippen LogP contribution in [0.5, 0.6) is 0 Å². The van der Waals surface area contributed by atoms with Crippen molar-refractivity contribution >= 4 is 16.6 Å². The van der Waals surface area contributed by atoms with Gasteiger partial charge in [-0.1, -0.05) is 12.1 Å². The summed E-state index contributed by atoms with van der Waals surface area (Å²) in [5.74, 6) is 0. The molecule has 0 unspecified atom stereocenters. The van der Waals surface area contributed by atoms with Crippen molar-refractivity contribution < 1.29 is 0 Å². The van der Waals surface area contributed by atoms with E-state index in [9.17, 15) is 0 Å². The summed E-state index contributed by atoms with van der Waals surface area (Å²) in [6.45, 7) is 7.01. The average molecular weight is 244 g/mol. The average Bonchev–Trinajstić information content (AvgIpc) is 2.38. The first kappa shape index (κ1) is 11.2. The van der Waals surface area contributed by atoms with Crippen LogP contribution in [0.3, 0.4) is 0 Å². The molecule has 2 bridgehead atoms. The highest BCUT2D eigenvalue weighted by Gasteiger charge is 2.45. The van der Waals surface area contributed by atoms with Crippen molar-refractivity contribution in [2.24, 2.45) is 0 Å². The zero-order valence-corrected chi connectivity index (χ0v) is 10.9. The Balaban J connectivity index is 1.89. The first-order valence-electron chi connectivity index (χ1n) is 6.58. The van der Waals surface area contributed by atoms with Gasteiger partial charge in [-0.25, -0.2) is 4.85 Å². The number of hydrogen-bond donors (Lipinski definition) is 0. The van der Waals surface area contributed by atoms with Gasteiger partial charge in [0.25, 0.3) is 0 Å². The number of rotatable bonds is 1. The van der Waals surface area contributed by atoms with Crippen LogP contribution in [0.2, 0.25) is 0 Å². The monoisotopic (exact) mass is 244 g/mol. The highest BCUT2D eigenvalue weighted by atomic mass is 32.2. The number of fused-ring (bicyclic) bond motifs is 2. The van der Waals surface area contributed by atoms with Crippen LogP contribution < -0.4 is 0 Å². The molecule has 2 aliphatic rings. The van der Waals surface area contributed by atoms with Gasteiger partial charge in [0.05, 0.1) is 6.57 Å². The van der Waals surface area contributed by atoms with Crippen LogP contribution in [0.1, 0.15) is 38.5 Å². The van der Waals surface area contributed by atoms with Crippen molar-refractivity contribution in [1.29, 1.82) is 0 Å². The summed E-state index contributed by atoms with van der Waals surface area (Å²) in [5, 5.41) is 1.89. The predicted octanol–water partition coefficient (Wildman–Crippen LogP) is 4.32. The number of benzene rings is 1. The summed E-state index contributed by atoms with van der Waals surface area (Å²) in [5.41, 5.74) is 0.777. The van der Waals surface area contributed by atoms with E-state index in [2.05, 4.69) is 17.0 Å². The van der Waals surface area contributed by atoms with Crippen LogP contribution in [0.25, 0.3) is 4.85 Å². The zero-order valence-electron chi connectivity index (χ0n) is 10.1. The van der Waals surface area contributed by atoms with Crippen molar-refractivity contribution in [2.75, 3.05) is 0 Å². The van der Waals surface area contributed by atoms with Crippen LogP contribution in [0.4, 0.5) is 5.69 Å². The van der Waals surface area contributed by atoms with E-state index in [0.29, 0.717) is 10.9 Å². The van der Waals surface area contributed by atoms with Gasteiger partial charge in [0.15, 0.2) is 10.6 Å². The largest absolute Gasteiger partial charge is 0.238 e. The van der Waals surface area contributed by atoms with Crippen LogP contribution in [-0.4, -0.2) is 10.5 Å². The minimum absolute atomic E-state index is 0.483. The smallest absolute Gasteiger partial charge is 0.187 e. The Bertz CT molecular complexity index is 409. The molecule has 88 valence electrons. The van der Waals surface area contributed by atoms with Gasteiger partial charge in [-0.2, -0.15) is 0 Å². The van der Waals surface area contributed by atoms with Crippen LogP contribution >= 0.6 is 0 Å². The van der Waals surface area contributed by atoms with E-state index >= 15 is 0 Å². The molecule has 3 rings (SSSR count). The predicted molar refractivity (Wildman–Crippen MR) is 73.6 cm³/mol. The molecule has 1 aromatic carbocycles. The third-order valence-electron chi connectivity index (χ3n) is 4.06. The highest BCUT2D eigenvalue weighted by Crippen LogP contribution is 2.42. The van der Waals surface area contributed by atoms with E-state index in [1.54, 1.807) is 0 Å². The van der Waals surface area contributed by atoms with Gasteiger partial charge in [0, 0.05) is 10.9 Å². The maximum atomic E-state index is 7.01. The summed E-state index contributed by atoms with van der Waals surface area (Å²) in [6, 6.07) is 8.43. The number of hydrogen-bond acceptors (Lipinski definition) is 0. The molecule has 0 amide bonds. The Labute approximate surface area is 106 Å². The van der Waals surface area contributed by atoms with Crippen molar-refractivity contribution in [3.05, 3.63) is 35.7 Å². The van der Waals surface area contributed by atoms with E-state index in [-0.39, 0.29) is 0 Å². The Morgan fingerprint density at radius 3 is 1.94 bits per heavy atom. The lowest BCUT2D eigenvalue weighted by Gasteiger charge is -2.34. The van der Waals surface area contributed by atoms with E-state index in [1.165, 1.54) is 43.4 Å². The molecule has 0 spiro atoms. The second-order valence-electron chi connectivity index (χ2n) is 5.08. The van der Waals surface area contributed by atoms with Crippen LogP contribution in [0, 0.1) is 6.57 Å². The maximum Gasteiger partial charge on any atom is 0.187 e. The van der Waals surface area contributed by atoms with Crippen molar-refractivity contribution in [3.8, 4) is 0 Å². The van der Waals surface area contributed by atoms with E-state index in [0.717, 1.165) is 16.2 Å². The fourth-order valence-electron chi connectivity index (χ4n) is 3.28. The fraction of sp³-hybridized carbons (Fsp3) is 0.533. The van der Waals surface area contributed by atoms with Crippen molar-refractivity contribution in [2.45, 2.75) is 53.9 Å². The standard InChI is InChI=1S/C15H18NS/c1-16-12-8-10-15(11-9-12)17-13-4-2-5-14(17)7-3-6-13/h8-11,13-14H,2-7H2/q+1. The topological polar surface area (TPSA) is 4.36 Å². The van der Waals surface area contributed by atoms with Gasteiger partial charge in [-0.15, -0.1) is 0 Å². The van der Waals surface area contributed by atoms with Crippen LogP contribution in [-0.2, 0) is 10.9 Å². The fourth-order valence-corrected chi connectivity index (χ4v) is 6.72. The van der Waals surface area contributed by atoms with Gasteiger partial charge in [0.2, 0.25) is 0 Å². The lowest BCUT2D eigenvalue weighted by molar-refractivity contribution is 0.481. The molecule has 2 aliphatic heterocycles. The van der Waals surface area contributed by atoms with Gasteiger partial charge in [0.1, 0.15) is 10.5 Å². The minimum atomic E-state index is 0.483. The van der Waals surface area contributed by atoms with E-state index in [4.69, 9.17) is 6.57 Å². The molecule has 0 atom stereocenters. The second kappa shape index (κ2) is 4.74. The molecule has 1 aromatic rings. The molecule has 0 saturated carbocycles. The molecule has 0 aliphatic carbocycles. The summed E-state index contributed by atoms with van der Waals surface area (Å²) in [6.07, 6.45) is 8.63. The van der Waals surface area contributed by atoms with Gasteiger partial charge >= 0.3 is 0 Å². The minimum Gasteiger partial charge on any atom is -0.238 e. The molecule has 2 saturated heterocycles. The summed E-state index contributed by atoms with van der Waals surface area (Å²) in [7, 11) is 0.483. The molecule has 17 heavy (non-hydrogen) atoms. The van der Waals surface area contributed by atoms with Gasteiger partial charge in [-0.05, 0) is 50.7 Å². The third-order valence-corrected chi connectivity index (χ3v) is 7.26. The second-order valence-corrected chi connectivity index (χ2v) is 7.63. The van der Waals surface area contributed by atoms with E-state index < -0.39 is 0 Å². The maximum absolute atomic E-state index is 7.01. The van der Waals surface area contributed by atoms with Crippen molar-refractivity contribution in [1.82, 2.24) is 0 Å². The normalized spacial score (nSPS) is 31.8. The Morgan fingerprint density at radius 2 is 1.47 bits per heavy atom. The molecule has 0 N–H and O–H groups in total. The molecule has 1 nitrogen and oxygen atoms in total. The highest BCUT2D eigenvalue weighted by molar-refractivity contribution is 7.98. The molecule has 2 heterocycles. The third kappa shape index (κ3) is 2.09. The molecule has 2 heteroatoms. The quantitative estimate of drug-likeness (QED) is 0.512. The SMILES string of the molecule is [C-]#[N+]c1ccc([S+]2C3CCCC2CCC3)cc1. The molecule has 2 fully saturated rings. The lowest BCUT2D eigenvalue weighted by atomic mass is 9.99. The van der Waals surface area contributed by atoms with Crippen LogP contribution in [0.15, 0.2) is 29.2 Å². The summed E-state index contributed by atoms with van der Waals surface area (Å²) in [4.78, 5) is 5.00. The first-order valence-corrected chi connectivity index (χ1v) is 7.93. The molecular formula is C15H18NS+. The van der Waals surface area contributed by atoms with Crippen molar-refractivity contribution in [3.63, 3.8) is 0 Å². The molecule has 0 aromatic heterocycles. The molecular weight excluding hydrogens is 226 g/mol. The lowest BCUT2D eigenvalue weighted by Crippen LogP contribution is -2.40. The first-order chi connectivity index (χ1) is 8.38. The summed E-state index contributed by atoms with van der Waals surface area (Å²) < 4.78 is 0. The van der Waals surface area contributed by atoms with Gasteiger partial charge in [-0.3, -0.25) is 0 Å².